The molecule has 41 heavy (non-hydrogen) atoms. The maximum atomic E-state index is 13.4. The number of nitrogens with two attached hydrogens (primary N) is 1. The first-order valence-corrected chi connectivity index (χ1v) is 13.6. The number of amidine groups is 1. The molecule has 4 N–H and O–H groups in total. The van der Waals surface area contributed by atoms with Gasteiger partial charge in [-0.25, -0.2) is 9.67 Å². The lowest BCUT2D eigenvalue weighted by Crippen LogP contribution is -2.40. The number of hydrogen-bond donors (Lipinski definition) is 3. The Labute approximate surface area is 239 Å². The molecule has 0 unspecified atom stereocenters. The number of anilines is 2. The summed E-state index contributed by atoms with van der Waals surface area (Å²) in [6, 6.07) is 12.9. The number of aliphatic hydroxyl groups excluding tert-OH is 1. The summed E-state index contributed by atoms with van der Waals surface area (Å²) in [6.07, 6.45) is 1.73. The van der Waals surface area contributed by atoms with Crippen LogP contribution in [0.3, 0.4) is 0 Å². The van der Waals surface area contributed by atoms with Crippen molar-refractivity contribution in [2.75, 3.05) is 50.1 Å². The van der Waals surface area contributed by atoms with E-state index in [1.165, 1.54) is 4.68 Å². The van der Waals surface area contributed by atoms with Gasteiger partial charge in [-0.3, -0.25) is 14.5 Å². The maximum Gasteiger partial charge on any atom is 0.292 e. The first-order valence-electron chi connectivity index (χ1n) is 13.6. The first-order chi connectivity index (χ1) is 19.7. The second kappa shape index (κ2) is 11.6. The number of piperazine rings is 1. The molecule has 0 saturated carbocycles. The predicted molar refractivity (Wildman–Crippen MR) is 162 cm³/mol. The van der Waals surface area contributed by atoms with E-state index in [1.807, 2.05) is 50.5 Å². The van der Waals surface area contributed by atoms with Gasteiger partial charge in [0.05, 0.1) is 24.5 Å². The number of rotatable bonds is 7. The van der Waals surface area contributed by atoms with Crippen LogP contribution in [0, 0.1) is 0 Å². The molecule has 1 aromatic heterocycles. The molecule has 11 nitrogen and oxygen atoms in total. The molecule has 2 aliphatic heterocycles. The number of likely N-dealkylation sites (N-methyl/N-ethyl adjacent to an activating group) is 1. The summed E-state index contributed by atoms with van der Waals surface area (Å²) < 4.78 is 1.21. The minimum Gasteiger partial charge on any atom is -0.392 e. The van der Waals surface area contributed by atoms with Crippen LogP contribution in [0.25, 0.3) is 11.3 Å². The zero-order valence-corrected chi connectivity index (χ0v) is 23.9. The van der Waals surface area contributed by atoms with Crippen molar-refractivity contribution in [2.24, 2.45) is 17.8 Å². The molecule has 0 spiro atoms. The number of aromatic nitrogens is 2. The average Bonchev–Trinajstić information content (AvgIpc) is 3.29. The van der Waals surface area contributed by atoms with Crippen molar-refractivity contribution in [1.29, 1.82) is 0 Å². The monoisotopic (exact) mass is 556 g/mol. The van der Waals surface area contributed by atoms with Crippen LogP contribution in [0.2, 0.25) is 0 Å². The van der Waals surface area contributed by atoms with Gasteiger partial charge in [-0.05, 0) is 49.9 Å². The van der Waals surface area contributed by atoms with Crippen LogP contribution in [0.15, 0.2) is 64.0 Å². The fourth-order valence-corrected chi connectivity index (χ4v) is 5.24. The van der Waals surface area contributed by atoms with E-state index in [0.717, 1.165) is 36.6 Å². The van der Waals surface area contributed by atoms with Crippen molar-refractivity contribution in [2.45, 2.75) is 20.1 Å². The van der Waals surface area contributed by atoms with Crippen molar-refractivity contribution in [3.63, 3.8) is 0 Å². The zero-order valence-electron chi connectivity index (χ0n) is 23.9. The van der Waals surface area contributed by atoms with Crippen molar-refractivity contribution >= 4 is 28.8 Å². The molecule has 0 aliphatic carbocycles. The van der Waals surface area contributed by atoms with Gasteiger partial charge >= 0.3 is 0 Å². The van der Waals surface area contributed by atoms with E-state index < -0.39 is 5.56 Å². The molecule has 11 heteroatoms. The Morgan fingerprint density at radius 2 is 1.98 bits per heavy atom. The van der Waals surface area contributed by atoms with Gasteiger partial charge in [-0.15, -0.1) is 0 Å². The summed E-state index contributed by atoms with van der Waals surface area (Å²) in [5.74, 6) is 0.0701. The number of nitrogens with zero attached hydrogens (tertiary/aromatic N) is 6. The average molecular weight is 557 g/mol. The standard InChI is InChI=1S/C30H36N8O3/c1-5-36(3)21-9-10-22-19(13-21)16-38(29(22)40)27-8-6-7-23(24(27)18-39)25-15-26(30(41)37(4)34-25)33-28(31)14-20-17-35(2)12-11-32-20/h6-10,13-15,32,39H,5,11-12,16-18H2,1-4H3,(H2,31,33)/b20-14-. The Morgan fingerprint density at radius 3 is 2.71 bits per heavy atom. The lowest BCUT2D eigenvalue weighted by Gasteiger charge is -2.25. The lowest BCUT2D eigenvalue weighted by molar-refractivity contribution is 0.0996. The number of amides is 1. The Balaban J connectivity index is 1.51. The molecule has 1 saturated heterocycles. The zero-order chi connectivity index (χ0) is 29.3. The fourth-order valence-electron chi connectivity index (χ4n) is 5.24. The molecule has 214 valence electrons. The second-order valence-corrected chi connectivity index (χ2v) is 10.4. The highest BCUT2D eigenvalue weighted by Crippen LogP contribution is 2.36. The van der Waals surface area contributed by atoms with Gasteiger partial charge in [0.15, 0.2) is 0 Å². The van der Waals surface area contributed by atoms with Gasteiger partial charge in [-0.1, -0.05) is 12.1 Å². The smallest absolute Gasteiger partial charge is 0.292 e. The molecular formula is C30H36N8O3. The van der Waals surface area contributed by atoms with Crippen LogP contribution in [-0.2, 0) is 20.2 Å². The van der Waals surface area contributed by atoms with Crippen molar-refractivity contribution in [1.82, 2.24) is 20.0 Å². The highest BCUT2D eigenvalue weighted by atomic mass is 16.3. The van der Waals surface area contributed by atoms with Gasteiger partial charge < -0.3 is 26.0 Å². The van der Waals surface area contributed by atoms with Crippen LogP contribution in [0.5, 0.6) is 0 Å². The van der Waals surface area contributed by atoms with Crippen LogP contribution in [-0.4, -0.2) is 71.8 Å². The van der Waals surface area contributed by atoms with Gasteiger partial charge in [-0.2, -0.15) is 5.10 Å². The Hall–Kier alpha value is -4.48. The summed E-state index contributed by atoms with van der Waals surface area (Å²) in [5, 5.41) is 18.3. The van der Waals surface area contributed by atoms with Crippen molar-refractivity contribution < 1.29 is 9.90 Å². The van der Waals surface area contributed by atoms with E-state index in [1.54, 1.807) is 24.1 Å². The van der Waals surface area contributed by atoms with Crippen LogP contribution in [0.1, 0.15) is 28.4 Å². The summed E-state index contributed by atoms with van der Waals surface area (Å²) >= 11 is 0. The van der Waals surface area contributed by atoms with E-state index in [9.17, 15) is 14.7 Å². The summed E-state index contributed by atoms with van der Waals surface area (Å²) in [7, 11) is 5.58. The van der Waals surface area contributed by atoms with Gasteiger partial charge in [0.1, 0.15) is 11.5 Å². The fraction of sp³-hybridized carbons (Fsp3) is 0.333. The topological polar surface area (TPSA) is 132 Å². The lowest BCUT2D eigenvalue weighted by atomic mass is 10.0. The normalized spacial score (nSPS) is 16.7. The third-order valence-corrected chi connectivity index (χ3v) is 7.59. The van der Waals surface area contributed by atoms with E-state index in [2.05, 4.69) is 32.1 Å². The number of fused-ring (bicyclic) bond motifs is 1. The van der Waals surface area contributed by atoms with Crippen molar-refractivity contribution in [3.8, 4) is 11.3 Å². The summed E-state index contributed by atoms with van der Waals surface area (Å²) in [5.41, 5.74) is 11.6. The van der Waals surface area contributed by atoms with Crippen LogP contribution >= 0.6 is 0 Å². The molecule has 2 aliphatic rings. The number of benzene rings is 2. The van der Waals surface area contributed by atoms with Crippen LogP contribution < -0.4 is 26.4 Å². The Morgan fingerprint density at radius 1 is 1.17 bits per heavy atom. The number of aliphatic imine (C=N–C) groups is 1. The summed E-state index contributed by atoms with van der Waals surface area (Å²) in [6.45, 7) is 5.43. The highest BCUT2D eigenvalue weighted by molar-refractivity contribution is 6.11. The minimum absolute atomic E-state index is 0.126. The van der Waals surface area contributed by atoms with E-state index in [-0.39, 0.29) is 24.0 Å². The summed E-state index contributed by atoms with van der Waals surface area (Å²) in [4.78, 5) is 36.7. The number of carbonyl (C=O) groups is 1. The van der Waals surface area contributed by atoms with E-state index in [4.69, 9.17) is 5.73 Å². The molecule has 5 rings (SSSR count). The number of aliphatic hydroxyl groups is 1. The third-order valence-electron chi connectivity index (χ3n) is 7.59. The molecule has 0 radical (unpaired) electrons. The van der Waals surface area contributed by atoms with E-state index in [0.29, 0.717) is 41.2 Å². The number of nitrogens with one attached hydrogen (secondary N) is 1. The second-order valence-electron chi connectivity index (χ2n) is 10.4. The molecule has 3 aromatic rings. The first kappa shape index (κ1) is 28.1. The Bertz CT molecular complexity index is 1610. The predicted octanol–water partition coefficient (Wildman–Crippen LogP) is 1.96. The maximum absolute atomic E-state index is 13.4. The molecule has 2 aromatic carbocycles. The number of aryl methyl sites for hydroxylation is 1. The molecular weight excluding hydrogens is 520 g/mol. The molecule has 0 atom stereocenters. The highest BCUT2D eigenvalue weighted by Gasteiger charge is 2.31. The van der Waals surface area contributed by atoms with Gasteiger partial charge in [0.2, 0.25) is 0 Å². The largest absolute Gasteiger partial charge is 0.392 e. The molecule has 1 amide bonds. The van der Waals surface area contributed by atoms with Gasteiger partial charge in [0, 0.05) is 74.4 Å². The molecule has 3 heterocycles. The quantitative estimate of drug-likeness (QED) is 0.297. The minimum atomic E-state index is -0.399. The molecule has 0 bridgehead atoms. The van der Waals surface area contributed by atoms with Gasteiger partial charge in [0.25, 0.3) is 11.5 Å². The number of carbonyl (C=O) groups excluding carboxylic acids is 1. The van der Waals surface area contributed by atoms with Crippen molar-refractivity contribution in [3.05, 3.63) is 81.3 Å². The SMILES string of the molecule is CCN(C)c1ccc2c(c1)CN(c1cccc(-c3cc(N=C(N)/C=C4/CN(C)CCN4)c(=O)n(C)n3)c1CO)C2=O. The van der Waals surface area contributed by atoms with E-state index >= 15 is 0 Å². The third kappa shape index (κ3) is 5.59. The number of hydrogen-bond acceptors (Lipinski definition) is 8. The molecule has 1 fully saturated rings. The van der Waals surface area contributed by atoms with Crippen LogP contribution in [0.4, 0.5) is 17.1 Å². The Kier molecular flexibility index (Phi) is 7.91.